The molecule has 3 rings (SSSR count). The zero-order chi connectivity index (χ0) is 15.7. The van der Waals surface area contributed by atoms with Crippen LogP contribution >= 0.6 is 0 Å². The first-order valence-corrected chi connectivity index (χ1v) is 7.44. The van der Waals surface area contributed by atoms with E-state index in [0.717, 1.165) is 13.0 Å². The van der Waals surface area contributed by atoms with Crippen molar-refractivity contribution in [3.8, 4) is 5.75 Å². The summed E-state index contributed by atoms with van der Waals surface area (Å²) in [4.78, 5) is 15.4. The number of methoxy groups -OCH3 is 1. The van der Waals surface area contributed by atoms with Crippen LogP contribution in [0, 0.1) is 5.82 Å². The zero-order valence-corrected chi connectivity index (χ0v) is 13.0. The van der Waals surface area contributed by atoms with Crippen LogP contribution in [0.4, 0.5) is 4.39 Å². The van der Waals surface area contributed by atoms with Crippen molar-refractivity contribution in [1.82, 2.24) is 9.80 Å². The average molecular weight is 308 g/mol. The van der Waals surface area contributed by atoms with Crippen molar-refractivity contribution in [2.45, 2.75) is 18.6 Å². The third-order valence-corrected chi connectivity index (χ3v) is 4.50. The first kappa shape index (κ1) is 15.2. The molecule has 1 aromatic rings. The number of amides is 1. The third kappa shape index (κ3) is 2.94. The fourth-order valence-electron chi connectivity index (χ4n) is 3.24. The Balaban J connectivity index is 1.67. The van der Waals surface area contributed by atoms with Gasteiger partial charge >= 0.3 is 0 Å². The maximum absolute atomic E-state index is 13.9. The van der Waals surface area contributed by atoms with Gasteiger partial charge in [0.05, 0.1) is 13.7 Å². The fourth-order valence-corrected chi connectivity index (χ4v) is 3.24. The molecule has 0 radical (unpaired) electrons. The predicted molar refractivity (Wildman–Crippen MR) is 79.2 cm³/mol. The zero-order valence-electron chi connectivity index (χ0n) is 13.0. The van der Waals surface area contributed by atoms with Crippen molar-refractivity contribution in [1.29, 1.82) is 0 Å². The highest BCUT2D eigenvalue weighted by Gasteiger charge is 2.44. The number of hydrogen-bond donors (Lipinski definition) is 0. The third-order valence-electron chi connectivity index (χ3n) is 4.50. The Morgan fingerprint density at radius 2 is 2.23 bits per heavy atom. The van der Waals surface area contributed by atoms with E-state index in [-0.39, 0.29) is 23.9 Å². The van der Waals surface area contributed by atoms with E-state index in [1.807, 2.05) is 0 Å². The number of likely N-dealkylation sites (N-methyl/N-ethyl adjacent to an activating group) is 1. The average Bonchev–Trinajstić information content (AvgIpc) is 2.88. The van der Waals surface area contributed by atoms with Gasteiger partial charge in [0.1, 0.15) is 23.8 Å². The molecule has 0 bridgehead atoms. The summed E-state index contributed by atoms with van der Waals surface area (Å²) in [7, 11) is 3.38. The summed E-state index contributed by atoms with van der Waals surface area (Å²) in [5.41, 5.74) is 0.314. The van der Waals surface area contributed by atoms with E-state index in [1.54, 1.807) is 31.2 Å². The molecule has 2 saturated heterocycles. The number of benzene rings is 1. The molecular weight excluding hydrogens is 287 g/mol. The first-order valence-electron chi connectivity index (χ1n) is 7.44. The van der Waals surface area contributed by atoms with Gasteiger partial charge in [-0.1, -0.05) is 0 Å². The molecule has 2 heterocycles. The molecule has 5 nitrogen and oxygen atoms in total. The highest BCUT2D eigenvalue weighted by atomic mass is 19.1. The number of halogens is 1. The smallest absolute Gasteiger partial charge is 0.248 e. The lowest BCUT2D eigenvalue weighted by molar-refractivity contribution is -0.159. The number of carbonyl (C=O) groups excluding carboxylic acids is 1. The van der Waals surface area contributed by atoms with Crippen LogP contribution < -0.4 is 4.74 Å². The lowest BCUT2D eigenvalue weighted by atomic mass is 10.0. The van der Waals surface area contributed by atoms with Crippen LogP contribution in [-0.4, -0.2) is 61.7 Å². The minimum atomic E-state index is -0.308. The van der Waals surface area contributed by atoms with E-state index in [2.05, 4.69) is 4.90 Å². The quantitative estimate of drug-likeness (QED) is 0.843. The standard InChI is InChI=1S/C16H21FN2O3/c1-18-10-16(22-9-15(18)20)5-6-19(11-16)8-12-7-13(21-2)3-4-14(12)17/h3-4,7H,5-6,8-11H2,1-2H3. The Kier molecular flexibility index (Phi) is 4.06. The number of ether oxygens (including phenoxy) is 2. The van der Waals surface area contributed by atoms with Crippen molar-refractivity contribution in [2.24, 2.45) is 0 Å². The van der Waals surface area contributed by atoms with Crippen LogP contribution in [-0.2, 0) is 16.1 Å². The second-order valence-corrected chi connectivity index (χ2v) is 6.14. The summed E-state index contributed by atoms with van der Waals surface area (Å²) in [6.07, 6.45) is 0.857. The molecule has 1 amide bonds. The Labute approximate surface area is 129 Å². The number of morpholine rings is 1. The molecule has 0 aliphatic carbocycles. The van der Waals surface area contributed by atoms with Gasteiger partial charge in [-0.25, -0.2) is 4.39 Å². The maximum atomic E-state index is 13.9. The minimum absolute atomic E-state index is 0.0166. The molecule has 2 fully saturated rings. The summed E-state index contributed by atoms with van der Waals surface area (Å²) in [5.74, 6) is 0.450. The maximum Gasteiger partial charge on any atom is 0.248 e. The monoisotopic (exact) mass is 308 g/mol. The fraction of sp³-hybridized carbons (Fsp3) is 0.562. The van der Waals surface area contributed by atoms with E-state index in [4.69, 9.17) is 9.47 Å². The first-order chi connectivity index (χ1) is 10.5. The molecule has 120 valence electrons. The predicted octanol–water partition coefficient (Wildman–Crippen LogP) is 1.27. The number of likely N-dealkylation sites (tertiary alicyclic amines) is 1. The molecule has 0 N–H and O–H groups in total. The van der Waals surface area contributed by atoms with Crippen LogP contribution in [0.3, 0.4) is 0 Å². The Bertz CT molecular complexity index is 581. The van der Waals surface area contributed by atoms with Crippen LogP contribution in [0.5, 0.6) is 5.75 Å². The normalized spacial score (nSPS) is 26.0. The van der Waals surface area contributed by atoms with Gasteiger partial charge in [0, 0.05) is 32.2 Å². The summed E-state index contributed by atoms with van der Waals surface area (Å²) in [6, 6.07) is 4.79. The number of nitrogens with zero attached hydrogens (tertiary/aromatic N) is 2. The molecule has 22 heavy (non-hydrogen) atoms. The Morgan fingerprint density at radius 3 is 2.95 bits per heavy atom. The molecule has 1 aromatic carbocycles. The molecule has 6 heteroatoms. The van der Waals surface area contributed by atoms with Crippen LogP contribution in [0.15, 0.2) is 18.2 Å². The highest BCUT2D eigenvalue weighted by molar-refractivity contribution is 5.78. The molecule has 1 unspecified atom stereocenters. The van der Waals surface area contributed by atoms with Crippen molar-refractivity contribution < 1.29 is 18.7 Å². The number of rotatable bonds is 3. The van der Waals surface area contributed by atoms with E-state index in [1.165, 1.54) is 6.07 Å². The lowest BCUT2D eigenvalue weighted by Gasteiger charge is -2.38. The summed E-state index contributed by atoms with van der Waals surface area (Å²) in [6.45, 7) is 2.80. The van der Waals surface area contributed by atoms with Gasteiger partial charge in [0.25, 0.3) is 0 Å². The topological polar surface area (TPSA) is 42.0 Å². The SMILES string of the molecule is COc1ccc(F)c(CN2CCC3(C2)CN(C)C(=O)CO3)c1. The number of hydrogen-bond acceptors (Lipinski definition) is 4. The van der Waals surface area contributed by atoms with E-state index in [0.29, 0.717) is 30.9 Å². The van der Waals surface area contributed by atoms with Gasteiger partial charge in [0.15, 0.2) is 0 Å². The van der Waals surface area contributed by atoms with Gasteiger partial charge in [-0.05, 0) is 24.6 Å². The van der Waals surface area contributed by atoms with Crippen molar-refractivity contribution in [3.05, 3.63) is 29.6 Å². The molecule has 2 aliphatic heterocycles. The van der Waals surface area contributed by atoms with E-state index < -0.39 is 0 Å². The van der Waals surface area contributed by atoms with Gasteiger partial charge in [-0.15, -0.1) is 0 Å². The van der Waals surface area contributed by atoms with Crippen LogP contribution in [0.25, 0.3) is 0 Å². The van der Waals surface area contributed by atoms with Crippen molar-refractivity contribution in [3.63, 3.8) is 0 Å². The van der Waals surface area contributed by atoms with Crippen LogP contribution in [0.1, 0.15) is 12.0 Å². The molecule has 0 aromatic heterocycles. The molecular formula is C16H21FN2O3. The van der Waals surface area contributed by atoms with E-state index in [9.17, 15) is 9.18 Å². The Morgan fingerprint density at radius 1 is 1.41 bits per heavy atom. The second-order valence-electron chi connectivity index (χ2n) is 6.14. The molecule has 2 aliphatic rings. The summed E-state index contributed by atoms with van der Waals surface area (Å²) < 4.78 is 24.9. The molecule has 1 atom stereocenters. The highest BCUT2D eigenvalue weighted by Crippen LogP contribution is 2.30. The Hall–Kier alpha value is -1.66. The van der Waals surface area contributed by atoms with Crippen molar-refractivity contribution >= 4 is 5.91 Å². The minimum Gasteiger partial charge on any atom is -0.497 e. The van der Waals surface area contributed by atoms with Gasteiger partial charge < -0.3 is 14.4 Å². The summed E-state index contributed by atoms with van der Waals surface area (Å²) >= 11 is 0. The van der Waals surface area contributed by atoms with Crippen molar-refractivity contribution in [2.75, 3.05) is 40.4 Å². The summed E-state index contributed by atoms with van der Waals surface area (Å²) in [5, 5.41) is 0. The van der Waals surface area contributed by atoms with Crippen LogP contribution in [0.2, 0.25) is 0 Å². The lowest BCUT2D eigenvalue weighted by Crippen LogP contribution is -2.54. The van der Waals surface area contributed by atoms with E-state index >= 15 is 0 Å². The second kappa shape index (κ2) is 5.85. The van der Waals surface area contributed by atoms with Gasteiger partial charge in [-0.2, -0.15) is 0 Å². The number of carbonyl (C=O) groups is 1. The molecule has 1 spiro atoms. The molecule has 0 saturated carbocycles. The van der Waals surface area contributed by atoms with Gasteiger partial charge in [-0.3, -0.25) is 9.69 Å². The van der Waals surface area contributed by atoms with Gasteiger partial charge in [0.2, 0.25) is 5.91 Å². The largest absolute Gasteiger partial charge is 0.497 e.